The van der Waals surface area contributed by atoms with E-state index in [1.54, 1.807) is 0 Å². The Bertz CT molecular complexity index is 841. The highest BCUT2D eigenvalue weighted by atomic mass is 32.1. The van der Waals surface area contributed by atoms with Gasteiger partial charge >= 0.3 is 0 Å². The highest BCUT2D eigenvalue weighted by molar-refractivity contribution is 7.71. The maximum absolute atomic E-state index is 13.0. The molecule has 0 aliphatic rings. The van der Waals surface area contributed by atoms with Crippen LogP contribution in [0.5, 0.6) is 0 Å². The van der Waals surface area contributed by atoms with Crippen LogP contribution in [0.1, 0.15) is 24.2 Å². The van der Waals surface area contributed by atoms with Crippen LogP contribution in [0, 0.1) is 17.5 Å². The van der Waals surface area contributed by atoms with Gasteiger partial charge in [0.25, 0.3) is 0 Å². The molecule has 3 aromatic rings. The molecular formula is C15H17FN4S. The number of benzene rings is 1. The van der Waals surface area contributed by atoms with Crippen molar-refractivity contribution in [1.29, 1.82) is 0 Å². The first-order valence-electron chi connectivity index (χ1n) is 6.85. The number of rotatable bonds is 3. The highest BCUT2D eigenvalue weighted by Crippen LogP contribution is 2.23. The molecule has 0 saturated carbocycles. The molecular weight excluding hydrogens is 287 g/mol. The van der Waals surface area contributed by atoms with E-state index in [4.69, 9.17) is 12.2 Å². The van der Waals surface area contributed by atoms with Crippen molar-refractivity contribution in [2.24, 2.45) is 7.05 Å². The van der Waals surface area contributed by atoms with Crippen LogP contribution in [0.3, 0.4) is 0 Å². The zero-order valence-electron chi connectivity index (χ0n) is 12.2. The van der Waals surface area contributed by atoms with Crippen LogP contribution >= 0.6 is 12.2 Å². The molecule has 1 unspecified atom stereocenters. The first-order chi connectivity index (χ1) is 9.97. The van der Waals surface area contributed by atoms with Gasteiger partial charge in [-0.25, -0.2) is 4.39 Å². The van der Waals surface area contributed by atoms with Gasteiger partial charge in [-0.2, -0.15) is 5.10 Å². The van der Waals surface area contributed by atoms with Crippen molar-refractivity contribution in [3.63, 3.8) is 0 Å². The van der Waals surface area contributed by atoms with Crippen molar-refractivity contribution < 1.29 is 4.39 Å². The van der Waals surface area contributed by atoms with E-state index < -0.39 is 0 Å². The summed E-state index contributed by atoms with van der Waals surface area (Å²) in [6, 6.07) is 6.76. The van der Waals surface area contributed by atoms with Crippen molar-refractivity contribution >= 4 is 23.4 Å². The van der Waals surface area contributed by atoms with E-state index in [0.29, 0.717) is 4.77 Å². The summed E-state index contributed by atoms with van der Waals surface area (Å²) in [4.78, 5) is 3.23. The summed E-state index contributed by atoms with van der Waals surface area (Å²) in [6.07, 6.45) is 0.783. The number of H-pyrrole nitrogens is 1. The minimum atomic E-state index is -0.214. The average Bonchev–Trinajstić information content (AvgIpc) is 2.90. The number of nitrogens with zero attached hydrogens (tertiary/aromatic N) is 3. The molecule has 0 aliphatic heterocycles. The van der Waals surface area contributed by atoms with Gasteiger partial charge < -0.3 is 4.98 Å². The minimum Gasteiger partial charge on any atom is -0.328 e. The summed E-state index contributed by atoms with van der Waals surface area (Å²) < 4.78 is 17.6. The zero-order valence-corrected chi connectivity index (χ0v) is 13.0. The first kappa shape index (κ1) is 14.0. The van der Waals surface area contributed by atoms with Gasteiger partial charge in [-0.15, -0.1) is 0 Å². The molecule has 0 amide bonds. The number of imidazole rings is 1. The molecule has 1 atom stereocenters. The summed E-state index contributed by atoms with van der Waals surface area (Å²) in [6.45, 7) is 4.07. The van der Waals surface area contributed by atoms with Crippen molar-refractivity contribution in [3.05, 3.63) is 46.1 Å². The molecule has 2 heterocycles. The molecule has 4 nitrogen and oxygen atoms in total. The molecule has 0 radical (unpaired) electrons. The normalized spacial score (nSPS) is 13.0. The molecule has 1 N–H and O–H groups in total. The molecule has 0 saturated heterocycles. The lowest BCUT2D eigenvalue weighted by molar-refractivity contribution is 0.537. The van der Waals surface area contributed by atoms with E-state index in [2.05, 4.69) is 21.6 Å². The highest BCUT2D eigenvalue weighted by Gasteiger charge is 2.17. The van der Waals surface area contributed by atoms with E-state index in [1.165, 1.54) is 12.1 Å². The molecule has 1 aromatic carbocycles. The van der Waals surface area contributed by atoms with E-state index in [9.17, 15) is 4.39 Å². The maximum atomic E-state index is 13.0. The van der Waals surface area contributed by atoms with Gasteiger partial charge in [0.2, 0.25) is 0 Å². The van der Waals surface area contributed by atoms with Gasteiger partial charge in [0.15, 0.2) is 10.4 Å². The molecule has 0 fully saturated rings. The predicted octanol–water partition coefficient (Wildman–Crippen LogP) is 3.68. The molecule has 110 valence electrons. The van der Waals surface area contributed by atoms with Crippen LogP contribution in [-0.4, -0.2) is 19.3 Å². The lowest BCUT2D eigenvalue weighted by Crippen LogP contribution is -2.11. The second kappa shape index (κ2) is 5.11. The molecule has 3 rings (SSSR count). The van der Waals surface area contributed by atoms with E-state index >= 15 is 0 Å². The summed E-state index contributed by atoms with van der Waals surface area (Å²) >= 11 is 5.45. The number of nitrogens with one attached hydrogen (secondary N) is 1. The first-order valence-corrected chi connectivity index (χ1v) is 7.26. The van der Waals surface area contributed by atoms with Gasteiger partial charge in [0, 0.05) is 13.1 Å². The Kier molecular flexibility index (Phi) is 3.41. The number of aromatic amines is 1. The zero-order chi connectivity index (χ0) is 15.1. The Labute approximate surface area is 127 Å². The molecule has 2 aromatic heterocycles. The van der Waals surface area contributed by atoms with Gasteiger partial charge in [-0.3, -0.25) is 9.25 Å². The van der Waals surface area contributed by atoms with Crippen LogP contribution in [0.4, 0.5) is 4.39 Å². The lowest BCUT2D eigenvalue weighted by Gasteiger charge is -2.14. The Morgan fingerprint density at radius 2 is 2.00 bits per heavy atom. The molecule has 0 aliphatic carbocycles. The van der Waals surface area contributed by atoms with Crippen molar-refractivity contribution in [2.75, 3.05) is 0 Å². The van der Waals surface area contributed by atoms with Crippen molar-refractivity contribution in [3.8, 4) is 0 Å². The smallest absolute Gasteiger partial charge is 0.179 e. The summed E-state index contributed by atoms with van der Waals surface area (Å²) in [5, 5.41) is 4.42. The Hall–Kier alpha value is -1.95. The molecule has 6 heteroatoms. The van der Waals surface area contributed by atoms with Gasteiger partial charge in [-0.1, -0.05) is 12.1 Å². The fourth-order valence-corrected chi connectivity index (χ4v) is 3.16. The molecule has 0 spiro atoms. The van der Waals surface area contributed by atoms with Gasteiger partial charge in [-0.05, 0) is 50.2 Å². The lowest BCUT2D eigenvalue weighted by atomic mass is 10.1. The Balaban J connectivity index is 2.01. The van der Waals surface area contributed by atoms with Crippen LogP contribution < -0.4 is 0 Å². The Morgan fingerprint density at radius 3 is 2.67 bits per heavy atom. The SMILES string of the molecule is Cc1nn(C)c2c1[nH]c(=S)n2C(C)Cc1ccc(F)cc1. The average molecular weight is 304 g/mol. The number of aryl methyl sites for hydroxylation is 2. The summed E-state index contributed by atoms with van der Waals surface area (Å²) in [5.41, 5.74) is 3.99. The topological polar surface area (TPSA) is 38.5 Å². The Morgan fingerprint density at radius 1 is 1.33 bits per heavy atom. The van der Waals surface area contributed by atoms with Gasteiger partial charge in [0.1, 0.15) is 11.3 Å². The second-order valence-electron chi connectivity index (χ2n) is 5.39. The van der Waals surface area contributed by atoms with E-state index in [1.807, 2.05) is 30.8 Å². The number of halogens is 1. The third-order valence-electron chi connectivity index (χ3n) is 3.76. The monoisotopic (exact) mass is 304 g/mol. The summed E-state index contributed by atoms with van der Waals surface area (Å²) in [7, 11) is 1.92. The van der Waals surface area contributed by atoms with E-state index in [0.717, 1.165) is 28.8 Å². The quantitative estimate of drug-likeness (QED) is 0.750. The number of hydrogen-bond acceptors (Lipinski definition) is 2. The third kappa shape index (κ3) is 2.40. The maximum Gasteiger partial charge on any atom is 0.179 e. The van der Waals surface area contributed by atoms with Crippen LogP contribution in [0.25, 0.3) is 11.2 Å². The minimum absolute atomic E-state index is 0.159. The predicted molar refractivity (Wildman–Crippen MR) is 83.4 cm³/mol. The van der Waals surface area contributed by atoms with Crippen molar-refractivity contribution in [1.82, 2.24) is 19.3 Å². The fourth-order valence-electron chi connectivity index (χ4n) is 2.79. The fraction of sp³-hybridized carbons (Fsp3) is 0.333. The van der Waals surface area contributed by atoms with Crippen LogP contribution in [0.15, 0.2) is 24.3 Å². The van der Waals surface area contributed by atoms with Crippen LogP contribution in [-0.2, 0) is 13.5 Å². The standard InChI is InChI=1S/C15H17FN4S/c1-9(8-11-4-6-12(16)7-5-11)20-14-13(17-15(20)21)10(2)18-19(14)3/h4-7,9H,8H2,1-3H3,(H,17,21). The number of fused-ring (bicyclic) bond motifs is 1. The molecule has 21 heavy (non-hydrogen) atoms. The summed E-state index contributed by atoms with van der Waals surface area (Å²) in [5.74, 6) is -0.214. The van der Waals surface area contributed by atoms with E-state index in [-0.39, 0.29) is 11.9 Å². The largest absolute Gasteiger partial charge is 0.328 e. The number of aromatic nitrogens is 4. The van der Waals surface area contributed by atoms with Gasteiger partial charge in [0.05, 0.1) is 5.69 Å². The third-order valence-corrected chi connectivity index (χ3v) is 4.05. The second-order valence-corrected chi connectivity index (χ2v) is 5.77. The number of hydrogen-bond donors (Lipinski definition) is 1. The molecule has 0 bridgehead atoms. The van der Waals surface area contributed by atoms with Crippen molar-refractivity contribution in [2.45, 2.75) is 26.3 Å². The van der Waals surface area contributed by atoms with Crippen LogP contribution in [0.2, 0.25) is 0 Å².